The molecule has 0 rings (SSSR count). The van der Waals surface area contributed by atoms with Crippen LogP contribution in [-0.2, 0) is 14.4 Å². The molecule has 0 aromatic carbocycles. The molecule has 0 saturated heterocycles. The van der Waals surface area contributed by atoms with Crippen LogP contribution in [0.2, 0.25) is 0 Å². The Labute approximate surface area is 98.5 Å². The van der Waals surface area contributed by atoms with Crippen molar-refractivity contribution in [3.8, 4) is 0 Å². The molecule has 0 spiro atoms. The summed E-state index contributed by atoms with van der Waals surface area (Å²) in [7, 11) is 0. The Kier molecular flexibility index (Phi) is 47.5. The van der Waals surface area contributed by atoms with Gasteiger partial charge in [-0.1, -0.05) is 0 Å². The van der Waals surface area contributed by atoms with Crippen LogP contribution in [-0.4, -0.2) is 47.8 Å². The molecule has 8 heteroatoms. The van der Waals surface area contributed by atoms with E-state index < -0.39 is 17.9 Å². The minimum absolute atomic E-state index is 0. The summed E-state index contributed by atoms with van der Waals surface area (Å²) in [5.74, 6) is -3.25. The van der Waals surface area contributed by atoms with E-state index in [1.54, 1.807) is 0 Å². The van der Waals surface area contributed by atoms with Crippen molar-refractivity contribution in [2.75, 3.05) is 0 Å². The third-order valence-electron chi connectivity index (χ3n) is 0. The van der Waals surface area contributed by atoms with E-state index >= 15 is 0 Å². The predicted molar refractivity (Wildman–Crippen MR) is 41.4 cm³/mol. The predicted octanol–water partition coefficient (Wildman–Crippen LogP) is -4.94. The first-order chi connectivity index (χ1) is 5.20. The van der Waals surface area contributed by atoms with E-state index in [4.69, 9.17) is 29.7 Å². The Balaban J connectivity index is -0.0000000270. The largest absolute Gasteiger partial charge is 3.00 e. The van der Waals surface area contributed by atoms with Gasteiger partial charge in [-0.25, -0.2) is 0 Å². The number of aliphatic carboxylic acids is 3. The van der Waals surface area contributed by atoms with Gasteiger partial charge in [0, 0.05) is 17.9 Å². The molecule has 0 amide bonds. The molecular formula is C6H11O7Sb. The Morgan fingerprint density at radius 1 is 0.714 bits per heavy atom. The molecule has 2 N–H and O–H groups in total. The average Bonchev–Trinajstić information content (AvgIpc) is 1.54. The number of carboxylic acids is 3. The third kappa shape index (κ3) is 1760. The molecule has 0 fully saturated rings. The van der Waals surface area contributed by atoms with Gasteiger partial charge >= 0.3 is 24.4 Å². The van der Waals surface area contributed by atoms with Gasteiger partial charge in [-0.2, -0.15) is 0 Å². The van der Waals surface area contributed by atoms with Crippen molar-refractivity contribution in [2.45, 2.75) is 20.8 Å². The molecule has 14 heavy (non-hydrogen) atoms. The van der Waals surface area contributed by atoms with Crippen molar-refractivity contribution in [1.82, 2.24) is 0 Å². The van der Waals surface area contributed by atoms with Gasteiger partial charge in [0.1, 0.15) is 0 Å². The first kappa shape index (κ1) is 29.2. The second-order valence-corrected chi connectivity index (χ2v) is 1.47. The summed E-state index contributed by atoms with van der Waals surface area (Å²) in [5.41, 5.74) is 0. The summed E-state index contributed by atoms with van der Waals surface area (Å²) in [6.45, 7) is 2.92. The van der Waals surface area contributed by atoms with Crippen LogP contribution in [0.25, 0.3) is 0 Å². The maximum atomic E-state index is 8.89. The molecule has 0 aromatic rings. The van der Waals surface area contributed by atoms with Crippen molar-refractivity contribution in [3.63, 3.8) is 0 Å². The molecule has 7 nitrogen and oxygen atoms in total. The molecule has 0 bridgehead atoms. The molecule has 0 aliphatic heterocycles. The molecular weight excluding hydrogens is 306 g/mol. The minimum Gasteiger partial charge on any atom is -0.550 e. The van der Waals surface area contributed by atoms with Crippen LogP contribution in [0.4, 0.5) is 0 Å². The van der Waals surface area contributed by atoms with Gasteiger partial charge < -0.3 is 35.2 Å². The SMILES string of the molecule is CC(=O)[O-].CC(=O)[O-].CC(=O)[O-].O.[Sb+3]. The van der Waals surface area contributed by atoms with Crippen LogP contribution in [0, 0.1) is 0 Å². The average molecular weight is 317 g/mol. The van der Waals surface area contributed by atoms with Gasteiger partial charge in [0.05, 0.1) is 0 Å². The summed E-state index contributed by atoms with van der Waals surface area (Å²) in [6, 6.07) is 0. The van der Waals surface area contributed by atoms with Gasteiger partial charge in [0.15, 0.2) is 0 Å². The molecule has 0 heterocycles. The van der Waals surface area contributed by atoms with E-state index in [0.717, 1.165) is 20.8 Å². The van der Waals surface area contributed by atoms with Crippen molar-refractivity contribution >= 4 is 42.3 Å². The number of carboxylic acid groups (broad SMARTS) is 3. The minimum atomic E-state index is -1.08. The van der Waals surface area contributed by atoms with Gasteiger partial charge in [-0.3, -0.25) is 0 Å². The van der Waals surface area contributed by atoms with E-state index in [1.807, 2.05) is 0 Å². The fourth-order valence-electron chi connectivity index (χ4n) is 0. The van der Waals surface area contributed by atoms with Crippen LogP contribution in [0.1, 0.15) is 20.8 Å². The molecule has 0 atom stereocenters. The fraction of sp³-hybridized carbons (Fsp3) is 0.500. The van der Waals surface area contributed by atoms with Gasteiger partial charge in [-0.05, 0) is 20.8 Å². The third-order valence-corrected chi connectivity index (χ3v) is 0. The smallest absolute Gasteiger partial charge is 0.550 e. The monoisotopic (exact) mass is 316 g/mol. The van der Waals surface area contributed by atoms with E-state index in [0.29, 0.717) is 0 Å². The zero-order valence-electron chi connectivity index (χ0n) is 7.90. The Morgan fingerprint density at radius 2 is 0.714 bits per heavy atom. The van der Waals surface area contributed by atoms with Gasteiger partial charge in [-0.15, -0.1) is 0 Å². The van der Waals surface area contributed by atoms with Crippen molar-refractivity contribution < 1.29 is 35.2 Å². The number of hydrogen-bond donors (Lipinski definition) is 0. The topological polar surface area (TPSA) is 152 Å². The van der Waals surface area contributed by atoms with Crippen molar-refractivity contribution in [1.29, 1.82) is 0 Å². The molecule has 0 aromatic heterocycles. The summed E-state index contributed by atoms with van der Waals surface area (Å²) in [4.78, 5) is 26.7. The fourth-order valence-corrected chi connectivity index (χ4v) is 0. The van der Waals surface area contributed by atoms with Gasteiger partial charge in [0.25, 0.3) is 0 Å². The molecule has 2 radical (unpaired) electrons. The number of carbonyl (C=O) groups is 3. The Hall–Kier alpha value is -0.812. The summed E-state index contributed by atoms with van der Waals surface area (Å²) in [6.07, 6.45) is 0. The first-order valence-electron chi connectivity index (χ1n) is 2.72. The first-order valence-corrected chi connectivity index (χ1v) is 2.72. The zero-order chi connectivity index (χ0) is 10.7. The van der Waals surface area contributed by atoms with Crippen LogP contribution in [0.15, 0.2) is 0 Å². The normalized spacial score (nSPS) is 5.36. The van der Waals surface area contributed by atoms with Crippen LogP contribution in [0.3, 0.4) is 0 Å². The Bertz CT molecular complexity index is 116. The van der Waals surface area contributed by atoms with Crippen molar-refractivity contribution in [2.24, 2.45) is 0 Å². The number of hydrogen-bond acceptors (Lipinski definition) is 6. The second kappa shape index (κ2) is 22.8. The number of rotatable bonds is 0. The van der Waals surface area contributed by atoms with E-state index in [-0.39, 0.29) is 29.9 Å². The van der Waals surface area contributed by atoms with E-state index in [2.05, 4.69) is 0 Å². The molecule has 0 unspecified atom stereocenters. The number of carbonyl (C=O) groups excluding carboxylic acids is 3. The summed E-state index contributed by atoms with van der Waals surface area (Å²) >= 11 is 0. The summed E-state index contributed by atoms with van der Waals surface area (Å²) < 4.78 is 0. The quantitative estimate of drug-likeness (QED) is 0.408. The van der Waals surface area contributed by atoms with Crippen molar-refractivity contribution in [3.05, 3.63) is 0 Å². The van der Waals surface area contributed by atoms with E-state index in [1.165, 1.54) is 0 Å². The maximum absolute atomic E-state index is 8.89. The Morgan fingerprint density at radius 3 is 0.714 bits per heavy atom. The molecule has 82 valence electrons. The summed E-state index contributed by atoms with van der Waals surface area (Å²) in [5, 5.41) is 26.7. The molecule has 0 aliphatic rings. The second-order valence-electron chi connectivity index (χ2n) is 1.47. The van der Waals surface area contributed by atoms with Crippen LogP contribution in [0.5, 0.6) is 0 Å². The standard InChI is InChI=1S/3C2H4O2.H2O.Sb/c3*1-2(3)4;;/h3*1H3,(H,3,4);1H2;/q;;;;+3/p-3. The van der Waals surface area contributed by atoms with Gasteiger partial charge in [0.2, 0.25) is 0 Å². The maximum Gasteiger partial charge on any atom is 3.00 e. The van der Waals surface area contributed by atoms with E-state index in [9.17, 15) is 0 Å². The zero-order valence-corrected chi connectivity index (χ0v) is 10.4. The molecule has 0 saturated carbocycles. The van der Waals surface area contributed by atoms with Crippen LogP contribution < -0.4 is 15.3 Å². The molecule has 0 aliphatic carbocycles. The van der Waals surface area contributed by atoms with Crippen LogP contribution >= 0.6 is 0 Å².